The second kappa shape index (κ2) is 7.53. The summed E-state index contributed by atoms with van der Waals surface area (Å²) in [5.74, 6) is -2.01. The average Bonchev–Trinajstić information content (AvgIpc) is 2.63. The SMILES string of the molecule is O=C(/C=C/c1ccccc1)Nc1c(F)cc(F)cc1-c1ccccc1. The van der Waals surface area contributed by atoms with Gasteiger partial charge in [0.1, 0.15) is 11.6 Å². The molecule has 0 aromatic heterocycles. The van der Waals surface area contributed by atoms with Crippen LogP contribution >= 0.6 is 0 Å². The van der Waals surface area contributed by atoms with Crippen molar-refractivity contribution in [2.75, 3.05) is 5.32 Å². The van der Waals surface area contributed by atoms with Crippen LogP contribution in [0.15, 0.2) is 78.9 Å². The van der Waals surface area contributed by atoms with Crippen LogP contribution < -0.4 is 5.32 Å². The number of hydrogen-bond donors (Lipinski definition) is 1. The zero-order chi connectivity index (χ0) is 17.6. The van der Waals surface area contributed by atoms with Crippen molar-refractivity contribution in [2.45, 2.75) is 0 Å². The Labute approximate surface area is 144 Å². The van der Waals surface area contributed by atoms with E-state index < -0.39 is 17.5 Å². The number of hydrogen-bond acceptors (Lipinski definition) is 1. The molecule has 0 saturated carbocycles. The summed E-state index contributed by atoms with van der Waals surface area (Å²) in [6, 6.07) is 20.0. The van der Waals surface area contributed by atoms with Crippen molar-refractivity contribution < 1.29 is 13.6 Å². The summed E-state index contributed by atoms with van der Waals surface area (Å²) in [4.78, 5) is 12.1. The van der Waals surface area contributed by atoms with E-state index in [0.29, 0.717) is 11.1 Å². The molecule has 2 nitrogen and oxygen atoms in total. The number of anilines is 1. The predicted molar refractivity (Wildman–Crippen MR) is 95.9 cm³/mol. The standard InChI is InChI=1S/C21H15F2NO/c22-17-13-18(16-9-5-2-6-10-16)21(19(23)14-17)24-20(25)12-11-15-7-3-1-4-8-15/h1-14H,(H,24,25)/b12-11+. The van der Waals surface area contributed by atoms with Crippen LogP contribution in [0.3, 0.4) is 0 Å². The lowest BCUT2D eigenvalue weighted by molar-refractivity contribution is -0.111. The van der Waals surface area contributed by atoms with E-state index in [1.807, 2.05) is 30.3 Å². The molecule has 0 bridgehead atoms. The van der Waals surface area contributed by atoms with E-state index in [1.165, 1.54) is 12.1 Å². The lowest BCUT2D eigenvalue weighted by Gasteiger charge is -2.12. The molecule has 4 heteroatoms. The second-order valence-electron chi connectivity index (χ2n) is 5.41. The van der Waals surface area contributed by atoms with Crippen LogP contribution in [-0.2, 0) is 4.79 Å². The third-order valence-electron chi connectivity index (χ3n) is 3.61. The Balaban J connectivity index is 1.89. The molecule has 0 aliphatic heterocycles. The van der Waals surface area contributed by atoms with Crippen molar-refractivity contribution in [3.05, 3.63) is 96.1 Å². The summed E-state index contributed by atoms with van der Waals surface area (Å²) in [6.07, 6.45) is 2.94. The molecule has 3 aromatic rings. The summed E-state index contributed by atoms with van der Waals surface area (Å²) in [6.45, 7) is 0. The average molecular weight is 335 g/mol. The van der Waals surface area contributed by atoms with Crippen LogP contribution in [0.1, 0.15) is 5.56 Å². The van der Waals surface area contributed by atoms with Gasteiger partial charge in [-0.25, -0.2) is 8.78 Å². The quantitative estimate of drug-likeness (QED) is 0.645. The molecule has 0 aliphatic carbocycles. The molecule has 124 valence electrons. The molecule has 0 radical (unpaired) electrons. The van der Waals surface area contributed by atoms with Gasteiger partial charge in [-0.15, -0.1) is 0 Å². The lowest BCUT2D eigenvalue weighted by Crippen LogP contribution is -2.11. The molecule has 3 aromatic carbocycles. The first-order chi connectivity index (χ1) is 12.1. The van der Waals surface area contributed by atoms with Crippen LogP contribution in [0.5, 0.6) is 0 Å². The zero-order valence-corrected chi connectivity index (χ0v) is 13.2. The van der Waals surface area contributed by atoms with Gasteiger partial charge in [-0.1, -0.05) is 60.7 Å². The van der Waals surface area contributed by atoms with Crippen molar-refractivity contribution >= 4 is 17.7 Å². The minimum atomic E-state index is -0.819. The number of amides is 1. The fraction of sp³-hybridized carbons (Fsp3) is 0. The Hall–Kier alpha value is -3.27. The summed E-state index contributed by atoms with van der Waals surface area (Å²) in [5, 5.41) is 2.51. The first-order valence-corrected chi connectivity index (χ1v) is 7.72. The number of carbonyl (C=O) groups excluding carboxylic acids is 1. The molecule has 0 saturated heterocycles. The van der Waals surface area contributed by atoms with Crippen molar-refractivity contribution in [3.8, 4) is 11.1 Å². The van der Waals surface area contributed by atoms with Gasteiger partial charge < -0.3 is 5.32 Å². The normalized spacial score (nSPS) is 10.8. The third kappa shape index (κ3) is 4.18. The Bertz CT molecular complexity index is 906. The number of carbonyl (C=O) groups is 1. The third-order valence-corrected chi connectivity index (χ3v) is 3.61. The van der Waals surface area contributed by atoms with Crippen LogP contribution in [-0.4, -0.2) is 5.91 Å². The molecule has 1 amide bonds. The summed E-state index contributed by atoms with van der Waals surface area (Å²) < 4.78 is 27.9. The van der Waals surface area contributed by atoms with Gasteiger partial charge in [-0.2, -0.15) is 0 Å². The highest BCUT2D eigenvalue weighted by atomic mass is 19.1. The maximum Gasteiger partial charge on any atom is 0.248 e. The van der Waals surface area contributed by atoms with E-state index in [4.69, 9.17) is 0 Å². The molecule has 0 heterocycles. The molecule has 3 rings (SSSR count). The van der Waals surface area contributed by atoms with Gasteiger partial charge >= 0.3 is 0 Å². The highest BCUT2D eigenvalue weighted by molar-refractivity contribution is 6.04. The number of rotatable bonds is 4. The predicted octanol–water partition coefficient (Wildman–Crippen LogP) is 5.28. The molecular formula is C21H15F2NO. The van der Waals surface area contributed by atoms with E-state index in [-0.39, 0.29) is 5.69 Å². The number of halogens is 2. The van der Waals surface area contributed by atoms with Crippen LogP contribution in [0.4, 0.5) is 14.5 Å². The maximum absolute atomic E-state index is 14.2. The van der Waals surface area contributed by atoms with Gasteiger partial charge in [-0.05, 0) is 23.3 Å². The monoisotopic (exact) mass is 335 g/mol. The fourth-order valence-electron chi connectivity index (χ4n) is 2.45. The molecule has 1 N–H and O–H groups in total. The summed E-state index contributed by atoms with van der Waals surface area (Å²) in [5.41, 5.74) is 1.71. The Morgan fingerprint density at radius 3 is 2.20 bits per heavy atom. The van der Waals surface area contributed by atoms with Crippen molar-refractivity contribution in [1.29, 1.82) is 0 Å². The van der Waals surface area contributed by atoms with E-state index >= 15 is 0 Å². The summed E-state index contributed by atoms with van der Waals surface area (Å²) in [7, 11) is 0. The maximum atomic E-state index is 14.2. The van der Waals surface area contributed by atoms with Crippen LogP contribution in [0, 0.1) is 11.6 Å². The fourth-order valence-corrected chi connectivity index (χ4v) is 2.45. The highest BCUT2D eigenvalue weighted by Gasteiger charge is 2.14. The van der Waals surface area contributed by atoms with E-state index in [2.05, 4.69) is 5.32 Å². The zero-order valence-electron chi connectivity index (χ0n) is 13.2. The van der Waals surface area contributed by atoms with Gasteiger partial charge in [0.25, 0.3) is 0 Å². The summed E-state index contributed by atoms with van der Waals surface area (Å²) >= 11 is 0. The first kappa shape index (κ1) is 16.6. The minimum Gasteiger partial charge on any atom is -0.319 e. The lowest BCUT2D eigenvalue weighted by atomic mass is 10.0. The largest absolute Gasteiger partial charge is 0.319 e. The number of nitrogens with one attached hydrogen (secondary N) is 1. The van der Waals surface area contributed by atoms with E-state index in [9.17, 15) is 13.6 Å². The molecular weight excluding hydrogens is 320 g/mol. The molecule has 0 aliphatic rings. The first-order valence-electron chi connectivity index (χ1n) is 7.72. The van der Waals surface area contributed by atoms with E-state index in [1.54, 1.807) is 36.4 Å². The van der Waals surface area contributed by atoms with Gasteiger partial charge in [0.15, 0.2) is 0 Å². The van der Waals surface area contributed by atoms with Crippen LogP contribution in [0.25, 0.3) is 17.2 Å². The molecule has 0 atom stereocenters. The van der Waals surface area contributed by atoms with Crippen molar-refractivity contribution in [1.82, 2.24) is 0 Å². The Morgan fingerprint density at radius 1 is 0.880 bits per heavy atom. The topological polar surface area (TPSA) is 29.1 Å². The Morgan fingerprint density at radius 2 is 1.52 bits per heavy atom. The second-order valence-corrected chi connectivity index (χ2v) is 5.41. The number of benzene rings is 3. The molecule has 0 unspecified atom stereocenters. The van der Waals surface area contributed by atoms with Gasteiger partial charge in [0.2, 0.25) is 5.91 Å². The molecule has 0 fully saturated rings. The Kier molecular flexibility index (Phi) is 5.00. The highest BCUT2D eigenvalue weighted by Crippen LogP contribution is 2.31. The van der Waals surface area contributed by atoms with Crippen LogP contribution in [0.2, 0.25) is 0 Å². The minimum absolute atomic E-state index is 0.0460. The van der Waals surface area contributed by atoms with Gasteiger partial charge in [0.05, 0.1) is 5.69 Å². The van der Waals surface area contributed by atoms with Crippen molar-refractivity contribution in [2.24, 2.45) is 0 Å². The smallest absolute Gasteiger partial charge is 0.248 e. The molecule has 0 spiro atoms. The van der Waals surface area contributed by atoms with Crippen molar-refractivity contribution in [3.63, 3.8) is 0 Å². The van der Waals surface area contributed by atoms with Gasteiger partial charge in [-0.3, -0.25) is 4.79 Å². The van der Waals surface area contributed by atoms with Gasteiger partial charge in [0, 0.05) is 17.7 Å². The molecule has 25 heavy (non-hydrogen) atoms. The van der Waals surface area contributed by atoms with E-state index in [0.717, 1.165) is 11.6 Å².